The third-order valence-electron chi connectivity index (χ3n) is 4.36. The topological polar surface area (TPSA) is 95.6 Å². The molecule has 0 bridgehead atoms. The normalized spacial score (nSPS) is 27.6. The first kappa shape index (κ1) is 17.2. The first-order chi connectivity index (χ1) is 11.3. The van der Waals surface area contributed by atoms with Crippen LogP contribution in [0, 0.1) is 0 Å². The highest BCUT2D eigenvalue weighted by atomic mass is 35.5. The summed E-state index contributed by atoms with van der Waals surface area (Å²) in [6.07, 6.45) is 0.728. The zero-order chi connectivity index (χ0) is 17.5. The van der Waals surface area contributed by atoms with E-state index in [2.05, 4.69) is 10.0 Å². The van der Waals surface area contributed by atoms with E-state index in [0.717, 1.165) is 0 Å². The van der Waals surface area contributed by atoms with E-state index in [1.54, 1.807) is 6.92 Å². The molecule has 2 aliphatic heterocycles. The average Bonchev–Trinajstić information content (AvgIpc) is 2.53. The van der Waals surface area contributed by atoms with Gasteiger partial charge in [0.25, 0.3) is 0 Å². The second-order valence-corrected chi connectivity index (χ2v) is 8.22. The molecule has 2 N–H and O–H groups in total. The molecule has 3 rings (SSSR count). The van der Waals surface area contributed by atoms with Crippen molar-refractivity contribution in [1.29, 1.82) is 0 Å². The number of carbonyl (C=O) groups is 2. The Balaban J connectivity index is 1.72. The number of amides is 2. The first-order valence-electron chi connectivity index (χ1n) is 7.67. The van der Waals surface area contributed by atoms with Crippen molar-refractivity contribution in [1.82, 2.24) is 14.9 Å². The Hall–Kier alpha value is -1.64. The van der Waals surface area contributed by atoms with E-state index in [1.807, 2.05) is 0 Å². The second-order valence-electron chi connectivity index (χ2n) is 6.07. The van der Waals surface area contributed by atoms with E-state index in [0.29, 0.717) is 18.0 Å². The summed E-state index contributed by atoms with van der Waals surface area (Å²) in [7, 11) is -3.70. The molecular formula is C15H18ClN3O4S. The van der Waals surface area contributed by atoms with Crippen LogP contribution >= 0.6 is 11.6 Å². The Morgan fingerprint density at radius 3 is 2.58 bits per heavy atom. The molecule has 2 saturated heterocycles. The van der Waals surface area contributed by atoms with Crippen molar-refractivity contribution in [2.24, 2.45) is 0 Å². The summed E-state index contributed by atoms with van der Waals surface area (Å²) < 4.78 is 27.5. The minimum absolute atomic E-state index is 0.118. The molecule has 0 aromatic heterocycles. The van der Waals surface area contributed by atoms with E-state index >= 15 is 0 Å². The molecule has 24 heavy (non-hydrogen) atoms. The van der Waals surface area contributed by atoms with Crippen molar-refractivity contribution in [3.63, 3.8) is 0 Å². The standard InChI is InChI=1S/C15H18ClN3O4S/c1-9-15(21)19-7-6-11(8-13(19)14(20)17-9)18-24(22,23)12-4-2-10(16)3-5-12/h2-5,9,11,13,18H,6-8H2,1H3,(H,17,20)/t9-,11-,13-/m0/s1. The number of hydrogen-bond acceptors (Lipinski definition) is 4. The molecule has 130 valence electrons. The van der Waals surface area contributed by atoms with Gasteiger partial charge >= 0.3 is 0 Å². The smallest absolute Gasteiger partial charge is 0.245 e. The van der Waals surface area contributed by atoms with E-state index in [4.69, 9.17) is 11.6 Å². The van der Waals surface area contributed by atoms with E-state index < -0.39 is 28.1 Å². The van der Waals surface area contributed by atoms with Crippen LogP contribution in [0.25, 0.3) is 0 Å². The van der Waals surface area contributed by atoms with Crippen molar-refractivity contribution in [2.75, 3.05) is 6.54 Å². The van der Waals surface area contributed by atoms with Crippen LogP contribution in [-0.4, -0.2) is 49.8 Å². The first-order valence-corrected chi connectivity index (χ1v) is 9.53. The van der Waals surface area contributed by atoms with Gasteiger partial charge in [0.1, 0.15) is 12.1 Å². The fraction of sp³-hybridized carbons (Fsp3) is 0.467. The van der Waals surface area contributed by atoms with Gasteiger partial charge < -0.3 is 10.2 Å². The predicted molar refractivity (Wildman–Crippen MR) is 87.9 cm³/mol. The summed E-state index contributed by atoms with van der Waals surface area (Å²) in [5, 5.41) is 3.08. The van der Waals surface area contributed by atoms with Gasteiger partial charge in [-0.2, -0.15) is 0 Å². The third-order valence-corrected chi connectivity index (χ3v) is 6.15. The van der Waals surface area contributed by atoms with E-state index in [9.17, 15) is 18.0 Å². The lowest BCUT2D eigenvalue weighted by molar-refractivity contribution is -0.151. The number of benzene rings is 1. The zero-order valence-corrected chi connectivity index (χ0v) is 14.6. The van der Waals surface area contributed by atoms with Crippen LogP contribution in [0.15, 0.2) is 29.2 Å². The number of halogens is 1. The molecule has 2 heterocycles. The zero-order valence-electron chi connectivity index (χ0n) is 13.0. The van der Waals surface area contributed by atoms with Gasteiger partial charge in [-0.05, 0) is 44.0 Å². The lowest BCUT2D eigenvalue weighted by Crippen LogP contribution is -2.66. The molecule has 0 radical (unpaired) electrons. The van der Waals surface area contributed by atoms with Crippen molar-refractivity contribution < 1.29 is 18.0 Å². The van der Waals surface area contributed by atoms with Gasteiger partial charge in [-0.25, -0.2) is 13.1 Å². The van der Waals surface area contributed by atoms with Gasteiger partial charge in [0.05, 0.1) is 4.90 Å². The van der Waals surface area contributed by atoms with Crippen molar-refractivity contribution >= 4 is 33.4 Å². The Morgan fingerprint density at radius 2 is 1.92 bits per heavy atom. The lowest BCUT2D eigenvalue weighted by Gasteiger charge is -2.43. The quantitative estimate of drug-likeness (QED) is 0.808. The number of fused-ring (bicyclic) bond motifs is 1. The van der Waals surface area contributed by atoms with Crippen LogP contribution in [0.1, 0.15) is 19.8 Å². The molecule has 2 aliphatic rings. The van der Waals surface area contributed by atoms with Crippen LogP contribution in [0.5, 0.6) is 0 Å². The average molecular weight is 372 g/mol. The summed E-state index contributed by atoms with van der Waals surface area (Å²) in [6.45, 7) is 2.00. The molecule has 1 aromatic rings. The summed E-state index contributed by atoms with van der Waals surface area (Å²) >= 11 is 5.77. The highest BCUT2D eigenvalue weighted by Crippen LogP contribution is 2.23. The van der Waals surface area contributed by atoms with Crippen LogP contribution in [0.2, 0.25) is 5.02 Å². The summed E-state index contributed by atoms with van der Waals surface area (Å²) in [5.74, 6) is -0.365. The highest BCUT2D eigenvalue weighted by Gasteiger charge is 2.43. The van der Waals surface area contributed by atoms with Crippen LogP contribution in [0.4, 0.5) is 0 Å². The minimum atomic E-state index is -3.70. The van der Waals surface area contributed by atoms with E-state index in [-0.39, 0.29) is 23.1 Å². The summed E-state index contributed by atoms with van der Waals surface area (Å²) in [5.41, 5.74) is 0. The Morgan fingerprint density at radius 1 is 1.25 bits per heavy atom. The summed E-state index contributed by atoms with van der Waals surface area (Å²) in [4.78, 5) is 25.9. The number of nitrogens with one attached hydrogen (secondary N) is 2. The molecule has 3 atom stereocenters. The molecule has 2 fully saturated rings. The number of hydrogen-bond donors (Lipinski definition) is 2. The maximum atomic E-state index is 12.4. The number of rotatable bonds is 3. The molecule has 0 spiro atoms. The molecule has 1 aromatic carbocycles. The maximum Gasteiger partial charge on any atom is 0.245 e. The van der Waals surface area contributed by atoms with Gasteiger partial charge in [0.2, 0.25) is 21.8 Å². The van der Waals surface area contributed by atoms with Gasteiger partial charge in [-0.15, -0.1) is 0 Å². The molecular weight excluding hydrogens is 354 g/mol. The number of sulfonamides is 1. The highest BCUT2D eigenvalue weighted by molar-refractivity contribution is 7.89. The minimum Gasteiger partial charge on any atom is -0.343 e. The van der Waals surface area contributed by atoms with Gasteiger partial charge in [-0.3, -0.25) is 9.59 Å². The van der Waals surface area contributed by atoms with Gasteiger partial charge in [0, 0.05) is 17.6 Å². The fourth-order valence-electron chi connectivity index (χ4n) is 3.11. The number of nitrogens with zero attached hydrogens (tertiary/aromatic N) is 1. The fourth-order valence-corrected chi connectivity index (χ4v) is 4.52. The SMILES string of the molecule is C[C@@H]1NC(=O)[C@@H]2C[C@@H](NS(=O)(=O)c3ccc(Cl)cc3)CCN2C1=O. The van der Waals surface area contributed by atoms with Crippen LogP contribution in [-0.2, 0) is 19.6 Å². The molecule has 7 nitrogen and oxygen atoms in total. The number of carbonyl (C=O) groups excluding carboxylic acids is 2. The van der Waals surface area contributed by atoms with Crippen LogP contribution < -0.4 is 10.0 Å². The van der Waals surface area contributed by atoms with Gasteiger partial charge in [-0.1, -0.05) is 11.6 Å². The molecule has 2 amide bonds. The largest absolute Gasteiger partial charge is 0.343 e. The Labute approximate surface area is 145 Å². The third kappa shape index (κ3) is 3.26. The van der Waals surface area contributed by atoms with Crippen LogP contribution in [0.3, 0.4) is 0 Å². The molecule has 0 aliphatic carbocycles. The lowest BCUT2D eigenvalue weighted by atomic mass is 9.94. The summed E-state index contributed by atoms with van der Waals surface area (Å²) in [6, 6.07) is 4.31. The van der Waals surface area contributed by atoms with Crippen molar-refractivity contribution in [2.45, 2.75) is 42.8 Å². The monoisotopic (exact) mass is 371 g/mol. The Kier molecular flexibility index (Phi) is 4.54. The second kappa shape index (κ2) is 6.34. The number of piperazine rings is 1. The van der Waals surface area contributed by atoms with E-state index in [1.165, 1.54) is 29.2 Å². The Bertz CT molecular complexity index is 765. The molecule has 0 unspecified atom stereocenters. The predicted octanol–water partition coefficient (Wildman–Crippen LogP) is 0.496. The van der Waals surface area contributed by atoms with Gasteiger partial charge in [0.15, 0.2) is 0 Å². The van der Waals surface area contributed by atoms with Crippen molar-refractivity contribution in [3.8, 4) is 0 Å². The molecule has 9 heteroatoms. The molecule has 0 saturated carbocycles. The number of piperidine rings is 1. The van der Waals surface area contributed by atoms with Crippen molar-refractivity contribution in [3.05, 3.63) is 29.3 Å². The maximum absolute atomic E-state index is 12.4.